The number of amides is 1. The predicted molar refractivity (Wildman–Crippen MR) is 101 cm³/mol. The zero-order chi connectivity index (χ0) is 18.6. The fourth-order valence-corrected chi connectivity index (χ4v) is 4.08. The SMILES string of the molecule is CCS(=O)(=O)c1ccc(Cl)c(C(=O)NCC(C)N2CCC(C)CC2)c1. The molecule has 1 saturated heterocycles. The molecule has 7 heteroatoms. The van der Waals surface area contributed by atoms with Gasteiger partial charge in [0.05, 0.1) is 21.2 Å². The second kappa shape index (κ2) is 8.52. The van der Waals surface area contributed by atoms with Crippen LogP contribution < -0.4 is 5.32 Å². The number of halogens is 1. The lowest BCUT2D eigenvalue weighted by atomic mass is 9.98. The van der Waals surface area contributed by atoms with Crippen molar-refractivity contribution in [2.75, 3.05) is 25.4 Å². The molecule has 25 heavy (non-hydrogen) atoms. The first-order valence-corrected chi connectivity index (χ1v) is 10.8. The quantitative estimate of drug-likeness (QED) is 0.816. The minimum absolute atomic E-state index is 0.0138. The zero-order valence-electron chi connectivity index (χ0n) is 15.1. The van der Waals surface area contributed by atoms with Gasteiger partial charge in [0.1, 0.15) is 0 Å². The Balaban J connectivity index is 2.02. The number of carbonyl (C=O) groups excluding carboxylic acids is 1. The Morgan fingerprint density at radius 2 is 2.00 bits per heavy atom. The first kappa shape index (κ1) is 20.2. The predicted octanol–water partition coefficient (Wildman–Crippen LogP) is 2.98. The third-order valence-electron chi connectivity index (χ3n) is 4.92. The van der Waals surface area contributed by atoms with E-state index in [0.29, 0.717) is 6.54 Å². The Hall–Kier alpha value is -1.11. The highest BCUT2D eigenvalue weighted by Gasteiger charge is 2.22. The summed E-state index contributed by atoms with van der Waals surface area (Å²) in [4.78, 5) is 15.0. The molecule has 0 radical (unpaired) electrons. The van der Waals surface area contributed by atoms with Crippen molar-refractivity contribution in [3.63, 3.8) is 0 Å². The Bertz CT molecular complexity index is 713. The molecule has 1 aliphatic rings. The smallest absolute Gasteiger partial charge is 0.252 e. The minimum atomic E-state index is -3.37. The highest BCUT2D eigenvalue weighted by atomic mass is 35.5. The van der Waals surface area contributed by atoms with Gasteiger partial charge in [0.25, 0.3) is 5.91 Å². The minimum Gasteiger partial charge on any atom is -0.350 e. The summed E-state index contributed by atoms with van der Waals surface area (Å²) < 4.78 is 24.0. The van der Waals surface area contributed by atoms with Gasteiger partial charge in [-0.15, -0.1) is 0 Å². The molecule has 0 saturated carbocycles. The van der Waals surface area contributed by atoms with E-state index in [0.717, 1.165) is 19.0 Å². The normalized spacial score (nSPS) is 18.1. The number of carbonyl (C=O) groups is 1. The van der Waals surface area contributed by atoms with Gasteiger partial charge in [-0.05, 0) is 57.0 Å². The van der Waals surface area contributed by atoms with Crippen LogP contribution in [0.25, 0.3) is 0 Å². The van der Waals surface area contributed by atoms with E-state index in [9.17, 15) is 13.2 Å². The van der Waals surface area contributed by atoms with E-state index < -0.39 is 9.84 Å². The number of nitrogens with one attached hydrogen (secondary N) is 1. The zero-order valence-corrected chi connectivity index (χ0v) is 16.7. The van der Waals surface area contributed by atoms with E-state index in [4.69, 9.17) is 11.6 Å². The Morgan fingerprint density at radius 1 is 1.36 bits per heavy atom. The van der Waals surface area contributed by atoms with Crippen LogP contribution in [0.5, 0.6) is 0 Å². The number of hydrogen-bond acceptors (Lipinski definition) is 4. The molecule has 5 nitrogen and oxygen atoms in total. The molecule has 0 aromatic heterocycles. The summed E-state index contributed by atoms with van der Waals surface area (Å²) >= 11 is 6.10. The highest BCUT2D eigenvalue weighted by molar-refractivity contribution is 7.91. The van der Waals surface area contributed by atoms with E-state index in [2.05, 4.69) is 24.1 Å². The first-order valence-electron chi connectivity index (χ1n) is 8.79. The molecule has 1 amide bonds. The second-order valence-corrected chi connectivity index (χ2v) is 9.51. The highest BCUT2D eigenvalue weighted by Crippen LogP contribution is 2.22. The molecular weight excluding hydrogens is 360 g/mol. The molecule has 0 spiro atoms. The van der Waals surface area contributed by atoms with Crippen LogP contribution in [-0.4, -0.2) is 50.7 Å². The molecule has 1 unspecified atom stereocenters. The maximum Gasteiger partial charge on any atom is 0.252 e. The molecule has 1 fully saturated rings. The van der Waals surface area contributed by atoms with Crippen molar-refractivity contribution in [2.24, 2.45) is 5.92 Å². The van der Waals surface area contributed by atoms with Gasteiger partial charge in [0, 0.05) is 12.6 Å². The third kappa shape index (κ3) is 5.19. The van der Waals surface area contributed by atoms with Crippen LogP contribution in [0.4, 0.5) is 0 Å². The van der Waals surface area contributed by atoms with Crippen LogP contribution in [0.1, 0.15) is 44.0 Å². The van der Waals surface area contributed by atoms with E-state index in [-0.39, 0.29) is 33.2 Å². The van der Waals surface area contributed by atoms with E-state index >= 15 is 0 Å². The number of nitrogens with zero attached hydrogens (tertiary/aromatic N) is 1. The van der Waals surface area contributed by atoms with Crippen LogP contribution >= 0.6 is 11.6 Å². The van der Waals surface area contributed by atoms with Crippen molar-refractivity contribution in [1.82, 2.24) is 10.2 Å². The third-order valence-corrected chi connectivity index (χ3v) is 6.98. The summed E-state index contributed by atoms with van der Waals surface area (Å²) in [5, 5.41) is 3.14. The molecule has 1 aromatic rings. The summed E-state index contributed by atoms with van der Waals surface area (Å²) in [7, 11) is -3.37. The van der Waals surface area contributed by atoms with Crippen LogP contribution in [0, 0.1) is 5.92 Å². The Morgan fingerprint density at radius 3 is 2.60 bits per heavy atom. The fraction of sp³-hybridized carbons (Fsp3) is 0.611. The molecule has 1 heterocycles. The Kier molecular flexibility index (Phi) is 6.88. The van der Waals surface area contributed by atoms with Crippen molar-refractivity contribution in [2.45, 2.75) is 44.6 Å². The Labute approximate surface area is 155 Å². The number of hydrogen-bond donors (Lipinski definition) is 1. The van der Waals surface area contributed by atoms with Crippen LogP contribution in [0.15, 0.2) is 23.1 Å². The number of likely N-dealkylation sites (tertiary alicyclic amines) is 1. The summed E-state index contributed by atoms with van der Waals surface area (Å²) in [5.41, 5.74) is 0.204. The summed E-state index contributed by atoms with van der Waals surface area (Å²) in [6.07, 6.45) is 2.36. The van der Waals surface area contributed by atoms with E-state index in [1.165, 1.54) is 31.0 Å². The van der Waals surface area contributed by atoms with Gasteiger partial charge < -0.3 is 5.32 Å². The van der Waals surface area contributed by atoms with Crippen molar-refractivity contribution in [1.29, 1.82) is 0 Å². The molecule has 1 N–H and O–H groups in total. The molecule has 1 aliphatic heterocycles. The fourth-order valence-electron chi connectivity index (χ4n) is 2.97. The topological polar surface area (TPSA) is 66.5 Å². The summed E-state index contributed by atoms with van der Waals surface area (Å²) in [6, 6.07) is 4.51. The lowest BCUT2D eigenvalue weighted by Crippen LogP contribution is -2.45. The van der Waals surface area contributed by atoms with Gasteiger partial charge in [0.2, 0.25) is 0 Å². The molecule has 2 rings (SSSR count). The number of piperidine rings is 1. The molecule has 140 valence electrons. The maximum atomic E-state index is 12.5. The molecule has 1 aromatic carbocycles. The summed E-state index contributed by atoms with van der Waals surface area (Å²) in [6.45, 7) is 8.53. The largest absolute Gasteiger partial charge is 0.350 e. The average Bonchev–Trinajstić information content (AvgIpc) is 2.60. The average molecular weight is 387 g/mol. The lowest BCUT2D eigenvalue weighted by molar-refractivity contribution is 0.0921. The van der Waals surface area contributed by atoms with Crippen LogP contribution in [-0.2, 0) is 9.84 Å². The van der Waals surface area contributed by atoms with Gasteiger partial charge in [-0.2, -0.15) is 0 Å². The molecule has 1 atom stereocenters. The van der Waals surface area contributed by atoms with Gasteiger partial charge >= 0.3 is 0 Å². The van der Waals surface area contributed by atoms with E-state index in [1.807, 2.05) is 0 Å². The van der Waals surface area contributed by atoms with Crippen molar-refractivity contribution in [3.05, 3.63) is 28.8 Å². The summed E-state index contributed by atoms with van der Waals surface area (Å²) in [5.74, 6) is 0.413. The van der Waals surface area contributed by atoms with Gasteiger partial charge in [0.15, 0.2) is 9.84 Å². The van der Waals surface area contributed by atoms with Crippen molar-refractivity contribution >= 4 is 27.3 Å². The van der Waals surface area contributed by atoms with Crippen molar-refractivity contribution < 1.29 is 13.2 Å². The standard InChI is InChI=1S/C18H27ClN2O3S/c1-4-25(23,24)15-5-6-17(19)16(11-15)18(22)20-12-14(3)21-9-7-13(2)8-10-21/h5-6,11,13-14H,4,7-10,12H2,1-3H3,(H,20,22). The second-order valence-electron chi connectivity index (χ2n) is 6.82. The number of benzene rings is 1. The first-order chi connectivity index (χ1) is 11.7. The molecule has 0 aliphatic carbocycles. The van der Waals surface area contributed by atoms with Crippen LogP contribution in [0.3, 0.4) is 0 Å². The van der Waals surface area contributed by atoms with Gasteiger partial charge in [-0.3, -0.25) is 9.69 Å². The maximum absolute atomic E-state index is 12.5. The monoisotopic (exact) mass is 386 g/mol. The molecular formula is C18H27ClN2O3S. The van der Waals surface area contributed by atoms with Gasteiger partial charge in [-0.25, -0.2) is 8.42 Å². The van der Waals surface area contributed by atoms with Crippen LogP contribution in [0.2, 0.25) is 5.02 Å². The van der Waals surface area contributed by atoms with E-state index in [1.54, 1.807) is 6.92 Å². The molecule has 0 bridgehead atoms. The lowest BCUT2D eigenvalue weighted by Gasteiger charge is -2.35. The number of rotatable bonds is 6. The van der Waals surface area contributed by atoms with Crippen molar-refractivity contribution in [3.8, 4) is 0 Å². The van der Waals surface area contributed by atoms with Gasteiger partial charge in [-0.1, -0.05) is 25.4 Å². The number of sulfone groups is 1.